The lowest BCUT2D eigenvalue weighted by Gasteiger charge is -2.12. The van der Waals surface area contributed by atoms with E-state index in [1.165, 1.54) is 17.8 Å². The molecule has 0 bridgehead atoms. The third-order valence-corrected chi connectivity index (χ3v) is 4.49. The van der Waals surface area contributed by atoms with E-state index in [2.05, 4.69) is 15.0 Å². The maximum atomic E-state index is 12.5. The van der Waals surface area contributed by atoms with Crippen LogP contribution in [0.25, 0.3) is 5.69 Å². The van der Waals surface area contributed by atoms with Gasteiger partial charge in [0.1, 0.15) is 5.75 Å². The maximum absolute atomic E-state index is 12.5. The van der Waals surface area contributed by atoms with E-state index in [4.69, 9.17) is 0 Å². The van der Waals surface area contributed by atoms with Gasteiger partial charge in [-0.1, -0.05) is 30.0 Å². The van der Waals surface area contributed by atoms with Crippen molar-refractivity contribution in [1.82, 2.24) is 14.9 Å². The Morgan fingerprint density at radius 1 is 1.22 bits per heavy atom. The predicted molar refractivity (Wildman–Crippen MR) is 99.6 cm³/mol. The SMILES string of the molecule is CSc1nccn1-c1ccc(C(=O)NCc2ccccc2OC(F)F)cc1. The number of halogens is 2. The number of hydrogen-bond acceptors (Lipinski definition) is 4. The third-order valence-electron chi connectivity index (χ3n) is 3.83. The monoisotopic (exact) mass is 389 g/mol. The van der Waals surface area contributed by atoms with Crippen LogP contribution in [0.2, 0.25) is 0 Å². The molecule has 0 fully saturated rings. The number of carbonyl (C=O) groups excluding carboxylic acids is 1. The van der Waals surface area contributed by atoms with Crippen molar-refractivity contribution in [3.05, 3.63) is 72.1 Å². The molecule has 5 nitrogen and oxygen atoms in total. The van der Waals surface area contributed by atoms with Gasteiger partial charge in [0, 0.05) is 35.8 Å². The van der Waals surface area contributed by atoms with Crippen molar-refractivity contribution < 1.29 is 18.3 Å². The number of imidazole rings is 1. The molecule has 140 valence electrons. The molecule has 0 atom stereocenters. The van der Waals surface area contributed by atoms with Crippen LogP contribution >= 0.6 is 11.8 Å². The first kappa shape index (κ1) is 18.9. The minimum absolute atomic E-state index is 0.0489. The number of alkyl halides is 2. The number of thioether (sulfide) groups is 1. The summed E-state index contributed by atoms with van der Waals surface area (Å²) >= 11 is 1.53. The summed E-state index contributed by atoms with van der Waals surface area (Å²) in [5.74, 6) is -0.253. The molecule has 0 spiro atoms. The van der Waals surface area contributed by atoms with Crippen molar-refractivity contribution in [1.29, 1.82) is 0 Å². The highest BCUT2D eigenvalue weighted by Crippen LogP contribution is 2.21. The molecule has 3 aromatic rings. The molecule has 0 radical (unpaired) electrons. The van der Waals surface area contributed by atoms with E-state index in [0.29, 0.717) is 11.1 Å². The first-order valence-corrected chi connectivity index (χ1v) is 9.29. The predicted octanol–water partition coefficient (Wildman–Crippen LogP) is 4.13. The van der Waals surface area contributed by atoms with Crippen molar-refractivity contribution in [3.8, 4) is 11.4 Å². The van der Waals surface area contributed by atoms with Crippen LogP contribution in [-0.4, -0.2) is 28.3 Å². The molecule has 0 aliphatic rings. The van der Waals surface area contributed by atoms with Crippen LogP contribution in [0.5, 0.6) is 5.75 Å². The van der Waals surface area contributed by atoms with Crippen molar-refractivity contribution in [2.24, 2.45) is 0 Å². The number of benzene rings is 2. The smallest absolute Gasteiger partial charge is 0.387 e. The van der Waals surface area contributed by atoms with Gasteiger partial charge in [0.2, 0.25) is 0 Å². The van der Waals surface area contributed by atoms with Gasteiger partial charge in [0.25, 0.3) is 5.91 Å². The summed E-state index contributed by atoms with van der Waals surface area (Å²) in [5.41, 5.74) is 1.84. The summed E-state index contributed by atoms with van der Waals surface area (Å²) < 4.78 is 31.3. The second-order valence-corrected chi connectivity index (χ2v) is 6.27. The van der Waals surface area contributed by atoms with Crippen molar-refractivity contribution >= 4 is 17.7 Å². The molecule has 27 heavy (non-hydrogen) atoms. The normalized spacial score (nSPS) is 10.8. The van der Waals surface area contributed by atoms with Crippen LogP contribution in [-0.2, 0) is 6.54 Å². The van der Waals surface area contributed by atoms with E-state index in [1.54, 1.807) is 36.5 Å². The molecular weight excluding hydrogens is 372 g/mol. The van der Waals surface area contributed by atoms with Crippen LogP contribution in [0, 0.1) is 0 Å². The quantitative estimate of drug-likeness (QED) is 0.618. The Kier molecular flexibility index (Phi) is 6.08. The summed E-state index contributed by atoms with van der Waals surface area (Å²) in [6, 6.07) is 13.4. The fourth-order valence-corrected chi connectivity index (χ4v) is 3.08. The molecule has 2 aromatic carbocycles. The van der Waals surface area contributed by atoms with Gasteiger partial charge in [-0.05, 0) is 36.6 Å². The molecule has 0 aliphatic carbocycles. The Balaban J connectivity index is 1.67. The lowest BCUT2D eigenvalue weighted by Crippen LogP contribution is -2.23. The van der Waals surface area contributed by atoms with Crippen LogP contribution < -0.4 is 10.1 Å². The average Bonchev–Trinajstić information content (AvgIpc) is 3.15. The zero-order valence-electron chi connectivity index (χ0n) is 14.4. The highest BCUT2D eigenvalue weighted by atomic mass is 32.2. The highest BCUT2D eigenvalue weighted by molar-refractivity contribution is 7.98. The Labute approximate surface area is 159 Å². The molecule has 8 heteroatoms. The van der Waals surface area contributed by atoms with Gasteiger partial charge in [0.15, 0.2) is 5.16 Å². The fraction of sp³-hybridized carbons (Fsp3) is 0.158. The number of carbonyl (C=O) groups is 1. The van der Waals surface area contributed by atoms with E-state index in [9.17, 15) is 13.6 Å². The minimum Gasteiger partial charge on any atom is -0.434 e. The Morgan fingerprint density at radius 3 is 2.67 bits per heavy atom. The number of ether oxygens (including phenoxy) is 1. The molecule has 1 N–H and O–H groups in total. The number of para-hydroxylation sites is 1. The number of amides is 1. The van der Waals surface area contributed by atoms with Gasteiger partial charge in [-0.25, -0.2) is 4.98 Å². The Bertz CT molecular complexity index is 913. The fourth-order valence-electron chi connectivity index (χ4n) is 2.55. The summed E-state index contributed by atoms with van der Waals surface area (Å²) in [4.78, 5) is 16.6. The lowest BCUT2D eigenvalue weighted by molar-refractivity contribution is -0.0504. The lowest BCUT2D eigenvalue weighted by atomic mass is 10.1. The summed E-state index contributed by atoms with van der Waals surface area (Å²) in [6.45, 7) is -2.83. The molecule has 1 amide bonds. The van der Waals surface area contributed by atoms with E-state index in [0.717, 1.165) is 10.8 Å². The van der Waals surface area contributed by atoms with Gasteiger partial charge >= 0.3 is 6.61 Å². The standard InChI is InChI=1S/C19H17F2N3O2S/c1-27-19-22-10-11-24(19)15-8-6-13(7-9-15)17(25)23-12-14-4-2-3-5-16(14)26-18(20)21/h2-11,18H,12H2,1H3,(H,23,25). The number of nitrogens with one attached hydrogen (secondary N) is 1. The Hall–Kier alpha value is -2.87. The van der Waals surface area contributed by atoms with Gasteiger partial charge in [-0.15, -0.1) is 0 Å². The van der Waals surface area contributed by atoms with Crippen molar-refractivity contribution in [2.75, 3.05) is 6.26 Å². The van der Waals surface area contributed by atoms with Gasteiger partial charge in [0.05, 0.1) is 0 Å². The molecule has 3 rings (SSSR count). The summed E-state index contributed by atoms with van der Waals surface area (Å²) in [7, 11) is 0. The Morgan fingerprint density at radius 2 is 1.96 bits per heavy atom. The summed E-state index contributed by atoms with van der Waals surface area (Å²) in [5, 5.41) is 3.57. The maximum Gasteiger partial charge on any atom is 0.387 e. The molecule has 1 heterocycles. The third kappa shape index (κ3) is 4.65. The molecule has 0 unspecified atom stereocenters. The van der Waals surface area contributed by atoms with E-state index in [-0.39, 0.29) is 18.2 Å². The van der Waals surface area contributed by atoms with Crippen LogP contribution in [0.15, 0.2) is 66.1 Å². The first-order chi connectivity index (χ1) is 13.1. The first-order valence-electron chi connectivity index (χ1n) is 8.07. The summed E-state index contributed by atoms with van der Waals surface area (Å²) in [6.07, 6.45) is 5.50. The highest BCUT2D eigenvalue weighted by Gasteiger charge is 2.11. The number of rotatable bonds is 7. The largest absolute Gasteiger partial charge is 0.434 e. The zero-order chi connectivity index (χ0) is 19.2. The van der Waals surface area contributed by atoms with E-state index < -0.39 is 6.61 Å². The van der Waals surface area contributed by atoms with Crippen LogP contribution in [0.4, 0.5) is 8.78 Å². The topological polar surface area (TPSA) is 56.2 Å². The molecule has 0 aliphatic heterocycles. The van der Waals surface area contributed by atoms with Crippen molar-refractivity contribution in [2.45, 2.75) is 18.3 Å². The molecule has 1 aromatic heterocycles. The van der Waals surface area contributed by atoms with Gasteiger partial charge in [-0.2, -0.15) is 8.78 Å². The van der Waals surface area contributed by atoms with Crippen LogP contribution in [0.1, 0.15) is 15.9 Å². The molecular formula is C19H17F2N3O2S. The number of hydrogen-bond donors (Lipinski definition) is 1. The average molecular weight is 389 g/mol. The zero-order valence-corrected chi connectivity index (χ0v) is 15.2. The molecule has 0 saturated heterocycles. The molecule has 0 saturated carbocycles. The van der Waals surface area contributed by atoms with Crippen LogP contribution in [0.3, 0.4) is 0 Å². The second kappa shape index (κ2) is 8.68. The van der Waals surface area contributed by atoms with E-state index >= 15 is 0 Å². The van der Waals surface area contributed by atoms with Gasteiger partial charge in [-0.3, -0.25) is 9.36 Å². The number of aromatic nitrogens is 2. The van der Waals surface area contributed by atoms with E-state index in [1.807, 2.05) is 29.2 Å². The minimum atomic E-state index is -2.91. The van der Waals surface area contributed by atoms with Crippen molar-refractivity contribution in [3.63, 3.8) is 0 Å². The number of nitrogens with zero attached hydrogens (tertiary/aromatic N) is 2. The second-order valence-electron chi connectivity index (χ2n) is 5.50. The van der Waals surface area contributed by atoms with Gasteiger partial charge < -0.3 is 10.1 Å².